The van der Waals surface area contributed by atoms with Crippen molar-refractivity contribution in [3.8, 4) is 48.4 Å². The van der Waals surface area contributed by atoms with Gasteiger partial charge in [-0.05, 0) is 6.42 Å². The molecule has 0 spiro atoms. The number of ether oxygens (including phenoxy) is 4. The zero-order chi connectivity index (χ0) is 17.7. The Morgan fingerprint density at radius 1 is 0.680 bits per heavy atom. The van der Waals surface area contributed by atoms with Crippen LogP contribution in [0, 0.1) is 60.2 Å². The lowest BCUT2D eigenvalue weighted by molar-refractivity contribution is -0.0600. The molecule has 25 heavy (non-hydrogen) atoms. The molecule has 0 aromatic carbocycles. The molecule has 1 fully saturated rings. The van der Waals surface area contributed by atoms with Gasteiger partial charge in [-0.1, -0.05) is 47.7 Å². The second-order valence-electron chi connectivity index (χ2n) is 5.60. The number of hydrogen-bond acceptors (Lipinski definition) is 4. The first-order valence-electron chi connectivity index (χ1n) is 8.22. The van der Waals surface area contributed by atoms with Crippen molar-refractivity contribution in [1.82, 2.24) is 0 Å². The standard InChI is InChI=1S/C21H22O4/c1-3-11-22-13-5-7-15-24-20-18-9-10-19(17-18)21(20)25-16-8-6-14-23-12-4-2/h1-2,9-10,18-21H,11-17H2/t18-,19+,20-,21+. The maximum atomic E-state index is 5.93. The Morgan fingerprint density at radius 2 is 1.12 bits per heavy atom. The Bertz CT molecular complexity index is 588. The molecule has 1 saturated carbocycles. The maximum Gasteiger partial charge on any atom is 0.109 e. The third kappa shape index (κ3) is 6.32. The summed E-state index contributed by atoms with van der Waals surface area (Å²) in [7, 11) is 0. The second kappa shape index (κ2) is 11.4. The topological polar surface area (TPSA) is 36.9 Å². The van der Waals surface area contributed by atoms with Crippen LogP contribution in [0.4, 0.5) is 0 Å². The molecule has 0 aromatic heterocycles. The van der Waals surface area contributed by atoms with Crippen molar-refractivity contribution in [2.75, 3.05) is 39.6 Å². The van der Waals surface area contributed by atoms with E-state index in [1.807, 2.05) is 0 Å². The molecule has 4 atom stereocenters. The zero-order valence-corrected chi connectivity index (χ0v) is 14.2. The molecule has 0 aliphatic heterocycles. The lowest BCUT2D eigenvalue weighted by atomic mass is 10.0. The van der Waals surface area contributed by atoms with Crippen molar-refractivity contribution < 1.29 is 18.9 Å². The fraction of sp³-hybridized carbons (Fsp3) is 0.524. The third-order valence-electron chi connectivity index (χ3n) is 3.98. The van der Waals surface area contributed by atoms with Gasteiger partial charge in [-0.3, -0.25) is 0 Å². The van der Waals surface area contributed by atoms with Crippen molar-refractivity contribution in [2.45, 2.75) is 18.6 Å². The Kier molecular flexibility index (Phi) is 8.72. The Labute approximate surface area is 150 Å². The van der Waals surface area contributed by atoms with Crippen LogP contribution in [-0.2, 0) is 18.9 Å². The molecule has 2 aliphatic carbocycles. The average molecular weight is 338 g/mol. The van der Waals surface area contributed by atoms with Crippen LogP contribution in [0.15, 0.2) is 12.2 Å². The van der Waals surface area contributed by atoms with E-state index >= 15 is 0 Å². The smallest absolute Gasteiger partial charge is 0.109 e. The Balaban J connectivity index is 1.71. The van der Waals surface area contributed by atoms with Gasteiger partial charge in [-0.2, -0.15) is 0 Å². The summed E-state index contributed by atoms with van der Waals surface area (Å²) in [5.74, 6) is 17.2. The third-order valence-corrected chi connectivity index (χ3v) is 3.98. The molecule has 0 radical (unpaired) electrons. The summed E-state index contributed by atoms with van der Waals surface area (Å²) in [6, 6.07) is 0. The van der Waals surface area contributed by atoms with E-state index in [1.165, 1.54) is 0 Å². The first-order chi connectivity index (χ1) is 12.4. The van der Waals surface area contributed by atoms with E-state index in [4.69, 9.17) is 31.8 Å². The highest BCUT2D eigenvalue weighted by Crippen LogP contribution is 2.42. The molecule has 4 nitrogen and oxygen atoms in total. The van der Waals surface area contributed by atoms with Gasteiger partial charge in [-0.15, -0.1) is 12.8 Å². The molecule has 2 aliphatic rings. The largest absolute Gasteiger partial charge is 0.362 e. The Morgan fingerprint density at radius 3 is 1.56 bits per heavy atom. The molecule has 0 unspecified atom stereocenters. The van der Waals surface area contributed by atoms with Crippen molar-refractivity contribution in [3.05, 3.63) is 12.2 Å². The lowest BCUT2D eigenvalue weighted by Gasteiger charge is -2.26. The molecule has 2 rings (SSSR count). The van der Waals surface area contributed by atoms with Crippen LogP contribution in [-0.4, -0.2) is 51.8 Å². The van der Waals surface area contributed by atoms with Gasteiger partial charge < -0.3 is 18.9 Å². The zero-order valence-electron chi connectivity index (χ0n) is 14.2. The van der Waals surface area contributed by atoms with Crippen LogP contribution in [0.5, 0.6) is 0 Å². The predicted octanol–water partition coefficient (Wildman–Crippen LogP) is 1.27. The van der Waals surface area contributed by atoms with Crippen molar-refractivity contribution >= 4 is 0 Å². The predicted molar refractivity (Wildman–Crippen MR) is 95.1 cm³/mol. The summed E-state index contributed by atoms with van der Waals surface area (Å²) < 4.78 is 22.0. The molecular formula is C21H22O4. The lowest BCUT2D eigenvalue weighted by Crippen LogP contribution is -2.35. The van der Waals surface area contributed by atoms with Gasteiger partial charge >= 0.3 is 0 Å². The maximum absolute atomic E-state index is 5.93. The fourth-order valence-corrected chi connectivity index (χ4v) is 2.97. The summed E-state index contributed by atoms with van der Waals surface area (Å²) >= 11 is 0. The quantitative estimate of drug-likeness (QED) is 0.379. The highest BCUT2D eigenvalue weighted by Gasteiger charge is 2.45. The van der Waals surface area contributed by atoms with Gasteiger partial charge in [0.25, 0.3) is 0 Å². The molecule has 0 heterocycles. The monoisotopic (exact) mass is 338 g/mol. The van der Waals surface area contributed by atoms with Crippen molar-refractivity contribution in [1.29, 1.82) is 0 Å². The molecule has 0 amide bonds. The minimum absolute atomic E-state index is 0.0235. The molecule has 0 N–H and O–H groups in total. The normalized spacial score (nSPS) is 25.4. The SMILES string of the molecule is C#CCOCC#CCO[C@@H]1[C@H](OCC#CCOCC#C)[C@@H]2C=C[C@H]1C2. The highest BCUT2D eigenvalue weighted by molar-refractivity contribution is 5.16. The van der Waals surface area contributed by atoms with Crippen molar-refractivity contribution in [2.24, 2.45) is 11.8 Å². The first-order valence-corrected chi connectivity index (χ1v) is 8.22. The summed E-state index contributed by atoms with van der Waals surface area (Å²) in [6.45, 7) is 1.90. The van der Waals surface area contributed by atoms with Gasteiger partial charge in [-0.25, -0.2) is 0 Å². The molecule has 0 aromatic rings. The number of terminal acetylenes is 2. The van der Waals surface area contributed by atoms with Crippen molar-refractivity contribution in [3.63, 3.8) is 0 Å². The van der Waals surface area contributed by atoms with E-state index in [2.05, 4.69) is 47.7 Å². The fourth-order valence-electron chi connectivity index (χ4n) is 2.97. The molecular weight excluding hydrogens is 316 g/mol. The summed E-state index contributed by atoms with van der Waals surface area (Å²) in [5.41, 5.74) is 0. The minimum atomic E-state index is 0.0235. The van der Waals surface area contributed by atoms with Crippen LogP contribution in [0.1, 0.15) is 6.42 Å². The molecule has 130 valence electrons. The molecule has 4 heteroatoms. The average Bonchev–Trinajstić information content (AvgIpc) is 3.22. The summed E-state index contributed by atoms with van der Waals surface area (Å²) in [5, 5.41) is 0. The molecule has 2 bridgehead atoms. The van der Waals surface area contributed by atoms with Crippen LogP contribution in [0.25, 0.3) is 0 Å². The van der Waals surface area contributed by atoms with Gasteiger partial charge in [0.15, 0.2) is 0 Å². The van der Waals surface area contributed by atoms with Crippen LogP contribution < -0.4 is 0 Å². The van der Waals surface area contributed by atoms with Crippen LogP contribution in [0.2, 0.25) is 0 Å². The van der Waals surface area contributed by atoms with Gasteiger partial charge in [0.05, 0.1) is 12.2 Å². The van der Waals surface area contributed by atoms with Gasteiger partial charge in [0, 0.05) is 11.8 Å². The van der Waals surface area contributed by atoms with E-state index < -0.39 is 0 Å². The minimum Gasteiger partial charge on any atom is -0.362 e. The number of rotatable bonds is 8. The molecule has 0 saturated heterocycles. The van der Waals surface area contributed by atoms with Crippen LogP contribution in [0.3, 0.4) is 0 Å². The number of fused-ring (bicyclic) bond motifs is 2. The first kappa shape index (κ1) is 19.1. The highest BCUT2D eigenvalue weighted by atomic mass is 16.5. The van der Waals surface area contributed by atoms with Gasteiger partial charge in [0.1, 0.15) is 39.6 Å². The second-order valence-corrected chi connectivity index (χ2v) is 5.60. The van der Waals surface area contributed by atoms with Gasteiger partial charge in [0.2, 0.25) is 0 Å². The summed E-state index contributed by atoms with van der Waals surface area (Å²) in [4.78, 5) is 0. The van der Waals surface area contributed by atoms with E-state index in [-0.39, 0.29) is 25.4 Å². The Hall–Kier alpha value is -2.18. The van der Waals surface area contributed by atoms with E-state index in [0.717, 1.165) is 6.42 Å². The van der Waals surface area contributed by atoms with Crippen LogP contribution >= 0.6 is 0 Å². The summed E-state index contributed by atoms with van der Waals surface area (Å²) in [6.07, 6.45) is 15.7. The number of hydrogen-bond donors (Lipinski definition) is 0. The van der Waals surface area contributed by atoms with E-state index in [1.54, 1.807) is 0 Å². The van der Waals surface area contributed by atoms with E-state index in [9.17, 15) is 0 Å². The van der Waals surface area contributed by atoms with E-state index in [0.29, 0.717) is 38.3 Å².